The fraction of sp³-hybridized carbons (Fsp3) is 0.278. The lowest BCUT2D eigenvalue weighted by atomic mass is 10.1. The van der Waals surface area contributed by atoms with Crippen molar-refractivity contribution in [3.63, 3.8) is 0 Å². The summed E-state index contributed by atoms with van der Waals surface area (Å²) in [5.74, 6) is 0.540. The second-order valence-electron chi connectivity index (χ2n) is 5.91. The van der Waals surface area contributed by atoms with E-state index in [-0.39, 0.29) is 23.7 Å². The number of amides is 1. The number of nitrogens with one attached hydrogen (secondary N) is 2. The second kappa shape index (κ2) is 9.34. The summed E-state index contributed by atoms with van der Waals surface area (Å²) in [5.41, 5.74) is 0.713. The van der Waals surface area contributed by atoms with Crippen LogP contribution in [0.3, 0.4) is 0 Å². The minimum absolute atomic E-state index is 0.00545. The molecule has 0 atom stereocenters. The summed E-state index contributed by atoms with van der Waals surface area (Å²) in [5, 5.41) is 13.4. The van der Waals surface area contributed by atoms with Crippen LogP contribution in [-0.4, -0.2) is 46.6 Å². The van der Waals surface area contributed by atoms with E-state index in [1.54, 1.807) is 19.1 Å². The third kappa shape index (κ3) is 5.42. The first-order valence-electron chi connectivity index (χ1n) is 8.44. The number of nitro groups is 1. The van der Waals surface area contributed by atoms with E-state index in [1.165, 1.54) is 32.4 Å². The van der Waals surface area contributed by atoms with E-state index in [4.69, 9.17) is 9.47 Å². The van der Waals surface area contributed by atoms with Gasteiger partial charge in [-0.3, -0.25) is 14.9 Å². The summed E-state index contributed by atoms with van der Waals surface area (Å²) in [4.78, 5) is 22.2. The minimum atomic E-state index is -3.95. The van der Waals surface area contributed by atoms with Crippen molar-refractivity contribution in [1.82, 2.24) is 10.0 Å². The molecule has 0 saturated heterocycles. The van der Waals surface area contributed by atoms with Gasteiger partial charge in [0, 0.05) is 36.3 Å². The third-order valence-electron chi connectivity index (χ3n) is 4.06. The maximum Gasteiger partial charge on any atom is 0.270 e. The fourth-order valence-corrected chi connectivity index (χ4v) is 3.60. The minimum Gasteiger partial charge on any atom is -0.496 e. The van der Waals surface area contributed by atoms with Crippen molar-refractivity contribution in [2.45, 2.75) is 11.8 Å². The molecule has 0 aliphatic rings. The molecular weight excluding hydrogens is 402 g/mol. The summed E-state index contributed by atoms with van der Waals surface area (Å²) >= 11 is 0. The molecule has 11 heteroatoms. The van der Waals surface area contributed by atoms with Crippen molar-refractivity contribution in [3.05, 3.63) is 57.6 Å². The molecule has 2 N–H and O–H groups in total. The van der Waals surface area contributed by atoms with Crippen molar-refractivity contribution in [1.29, 1.82) is 0 Å². The highest BCUT2D eigenvalue weighted by Crippen LogP contribution is 2.29. The predicted octanol–water partition coefficient (Wildman–Crippen LogP) is 1.63. The zero-order valence-corrected chi connectivity index (χ0v) is 16.9. The SMILES string of the molecule is COc1cc(C(=O)NCCNS(=O)(=O)c2cccc([N+](=O)[O-])c2)cc(OC)c1C. The number of hydrogen-bond acceptors (Lipinski definition) is 7. The largest absolute Gasteiger partial charge is 0.496 e. The number of carbonyl (C=O) groups is 1. The van der Waals surface area contributed by atoms with Crippen LogP contribution in [0.25, 0.3) is 0 Å². The van der Waals surface area contributed by atoms with E-state index >= 15 is 0 Å². The molecule has 0 saturated carbocycles. The van der Waals surface area contributed by atoms with E-state index in [9.17, 15) is 23.3 Å². The van der Waals surface area contributed by atoms with E-state index in [0.29, 0.717) is 17.1 Å². The highest BCUT2D eigenvalue weighted by atomic mass is 32.2. The Morgan fingerprint density at radius 3 is 2.28 bits per heavy atom. The Morgan fingerprint density at radius 1 is 1.10 bits per heavy atom. The molecule has 29 heavy (non-hydrogen) atoms. The van der Waals surface area contributed by atoms with Gasteiger partial charge in [-0.15, -0.1) is 0 Å². The summed E-state index contributed by atoms with van der Waals surface area (Å²) < 4.78 is 37.2. The number of rotatable bonds is 9. The number of methoxy groups -OCH3 is 2. The molecule has 0 heterocycles. The molecular formula is C18H21N3O7S. The van der Waals surface area contributed by atoms with Gasteiger partial charge in [-0.25, -0.2) is 13.1 Å². The van der Waals surface area contributed by atoms with Crippen LogP contribution < -0.4 is 19.5 Å². The first-order valence-corrected chi connectivity index (χ1v) is 9.93. The molecule has 10 nitrogen and oxygen atoms in total. The van der Waals surface area contributed by atoms with Crippen LogP contribution in [0.5, 0.6) is 11.5 Å². The van der Waals surface area contributed by atoms with Gasteiger partial charge in [0.05, 0.1) is 24.0 Å². The Kier molecular flexibility index (Phi) is 7.13. The predicted molar refractivity (Wildman–Crippen MR) is 105 cm³/mol. The maximum atomic E-state index is 12.3. The topological polar surface area (TPSA) is 137 Å². The Balaban J connectivity index is 1.99. The highest BCUT2D eigenvalue weighted by Gasteiger charge is 2.18. The van der Waals surface area contributed by atoms with Gasteiger partial charge in [0.1, 0.15) is 11.5 Å². The van der Waals surface area contributed by atoms with Gasteiger partial charge < -0.3 is 14.8 Å². The van der Waals surface area contributed by atoms with Gasteiger partial charge in [0.25, 0.3) is 11.6 Å². The molecule has 0 fully saturated rings. The summed E-state index contributed by atoms with van der Waals surface area (Å²) in [6.45, 7) is 1.70. The molecule has 2 aromatic carbocycles. The number of carbonyl (C=O) groups excluding carboxylic acids is 1. The van der Waals surface area contributed by atoms with E-state index in [2.05, 4.69) is 10.0 Å². The Morgan fingerprint density at radius 2 is 1.72 bits per heavy atom. The zero-order valence-electron chi connectivity index (χ0n) is 16.1. The van der Waals surface area contributed by atoms with E-state index in [0.717, 1.165) is 11.6 Å². The first-order chi connectivity index (χ1) is 13.7. The number of nitrogens with zero attached hydrogens (tertiary/aromatic N) is 1. The fourth-order valence-electron chi connectivity index (χ4n) is 2.53. The second-order valence-corrected chi connectivity index (χ2v) is 7.68. The molecule has 0 bridgehead atoms. The Labute approximate surface area is 168 Å². The molecule has 0 aliphatic heterocycles. The molecule has 0 unspecified atom stereocenters. The van der Waals surface area contributed by atoms with Gasteiger partial charge in [0.2, 0.25) is 10.0 Å². The van der Waals surface area contributed by atoms with Gasteiger partial charge >= 0.3 is 0 Å². The van der Waals surface area contributed by atoms with Gasteiger partial charge in [-0.05, 0) is 25.1 Å². The van der Waals surface area contributed by atoms with Crippen LogP contribution in [0, 0.1) is 17.0 Å². The molecule has 0 spiro atoms. The normalized spacial score (nSPS) is 11.0. The van der Waals surface area contributed by atoms with Crippen LogP contribution in [0.4, 0.5) is 5.69 Å². The maximum absolute atomic E-state index is 12.3. The standard InChI is InChI=1S/C18H21N3O7S/c1-12-16(27-2)9-13(10-17(12)28-3)18(22)19-7-8-20-29(25,26)15-6-4-5-14(11-15)21(23)24/h4-6,9-11,20H,7-8H2,1-3H3,(H,19,22). The molecule has 0 radical (unpaired) electrons. The summed E-state index contributed by atoms with van der Waals surface area (Å²) in [7, 11) is -0.995. The van der Waals surface area contributed by atoms with Crippen LogP contribution in [0.15, 0.2) is 41.3 Å². The van der Waals surface area contributed by atoms with Crippen molar-refractivity contribution in [2.75, 3.05) is 27.3 Å². The molecule has 2 aromatic rings. The molecule has 156 valence electrons. The van der Waals surface area contributed by atoms with E-state index in [1.807, 2.05) is 0 Å². The summed E-state index contributed by atoms with van der Waals surface area (Å²) in [6, 6.07) is 7.81. The lowest BCUT2D eigenvalue weighted by Gasteiger charge is -2.13. The third-order valence-corrected chi connectivity index (χ3v) is 5.51. The van der Waals surface area contributed by atoms with Crippen LogP contribution in [-0.2, 0) is 10.0 Å². The molecule has 1 amide bonds. The smallest absolute Gasteiger partial charge is 0.270 e. The number of nitro benzene ring substituents is 1. The lowest BCUT2D eigenvalue weighted by Crippen LogP contribution is -2.34. The number of sulfonamides is 1. The lowest BCUT2D eigenvalue weighted by molar-refractivity contribution is -0.385. The van der Waals surface area contributed by atoms with Crippen LogP contribution in [0.2, 0.25) is 0 Å². The first kappa shape index (κ1) is 22.1. The number of benzene rings is 2. The Hall–Kier alpha value is -3.18. The Bertz CT molecular complexity index is 997. The van der Waals surface area contributed by atoms with Crippen molar-refractivity contribution < 1.29 is 27.6 Å². The quantitative estimate of drug-likeness (QED) is 0.355. The average molecular weight is 423 g/mol. The number of hydrogen-bond donors (Lipinski definition) is 2. The number of non-ortho nitro benzene ring substituents is 1. The molecule has 0 aliphatic carbocycles. The van der Waals surface area contributed by atoms with Crippen LogP contribution in [0.1, 0.15) is 15.9 Å². The molecule has 2 rings (SSSR count). The van der Waals surface area contributed by atoms with Gasteiger partial charge in [0.15, 0.2) is 0 Å². The monoisotopic (exact) mass is 423 g/mol. The van der Waals surface area contributed by atoms with Crippen molar-refractivity contribution in [2.24, 2.45) is 0 Å². The van der Waals surface area contributed by atoms with E-state index < -0.39 is 20.9 Å². The van der Waals surface area contributed by atoms with Gasteiger partial charge in [-0.1, -0.05) is 6.07 Å². The van der Waals surface area contributed by atoms with Gasteiger partial charge in [-0.2, -0.15) is 0 Å². The van der Waals surface area contributed by atoms with Crippen LogP contribution >= 0.6 is 0 Å². The zero-order chi connectivity index (χ0) is 21.6. The highest BCUT2D eigenvalue weighted by molar-refractivity contribution is 7.89. The van der Waals surface area contributed by atoms with Crippen molar-refractivity contribution >= 4 is 21.6 Å². The summed E-state index contributed by atoms with van der Waals surface area (Å²) in [6.07, 6.45) is 0. The average Bonchev–Trinajstić information content (AvgIpc) is 2.71. The molecule has 0 aromatic heterocycles. The number of ether oxygens (including phenoxy) is 2. The van der Waals surface area contributed by atoms with Crippen molar-refractivity contribution in [3.8, 4) is 11.5 Å².